The number of allylic oxidation sites excluding steroid dienone is 3. The molecule has 0 heterocycles. The zero-order valence-electron chi connectivity index (χ0n) is 9.01. The molecule has 0 rings (SSSR count). The number of amidine groups is 1. The van der Waals surface area contributed by atoms with Crippen LogP contribution in [0.4, 0.5) is 0 Å². The van der Waals surface area contributed by atoms with Crippen LogP contribution in [-0.2, 0) is 0 Å². The smallest absolute Gasteiger partial charge is 0.125 e. The van der Waals surface area contributed by atoms with Gasteiger partial charge in [0.2, 0.25) is 0 Å². The predicted molar refractivity (Wildman–Crippen MR) is 64.4 cm³/mol. The number of hydrogen-bond acceptors (Lipinski definition) is 1. The van der Waals surface area contributed by atoms with Crippen molar-refractivity contribution >= 4 is 5.84 Å². The van der Waals surface area contributed by atoms with E-state index in [0.29, 0.717) is 5.84 Å². The fourth-order valence-corrected chi connectivity index (χ4v) is 1.21. The Kier molecular flexibility index (Phi) is 5.30. The highest BCUT2D eigenvalue weighted by Gasteiger charge is 2.07. The summed E-state index contributed by atoms with van der Waals surface area (Å²) in [7, 11) is 1.65. The summed E-state index contributed by atoms with van der Waals surface area (Å²) in [6, 6.07) is 0. The summed E-state index contributed by atoms with van der Waals surface area (Å²) >= 11 is 0. The van der Waals surface area contributed by atoms with Crippen LogP contribution >= 0.6 is 0 Å². The first kappa shape index (κ1) is 12.4. The van der Waals surface area contributed by atoms with Gasteiger partial charge in [0.15, 0.2) is 0 Å². The summed E-state index contributed by atoms with van der Waals surface area (Å²) < 4.78 is 0. The first-order valence-corrected chi connectivity index (χ1v) is 4.52. The molecule has 0 unspecified atom stereocenters. The topological polar surface area (TPSA) is 38.4 Å². The Morgan fingerprint density at radius 1 is 1.36 bits per heavy atom. The van der Waals surface area contributed by atoms with E-state index < -0.39 is 0 Å². The van der Waals surface area contributed by atoms with Crippen LogP contribution in [0.1, 0.15) is 13.3 Å². The van der Waals surface area contributed by atoms with E-state index in [1.165, 1.54) is 0 Å². The van der Waals surface area contributed by atoms with Gasteiger partial charge < -0.3 is 5.73 Å². The minimum atomic E-state index is 0.461. The highest BCUT2D eigenvalue weighted by Crippen LogP contribution is 2.18. The molecule has 0 atom stereocenters. The molecule has 0 aliphatic rings. The first-order valence-electron chi connectivity index (χ1n) is 4.52. The van der Waals surface area contributed by atoms with Gasteiger partial charge in [0.05, 0.1) is 0 Å². The Morgan fingerprint density at radius 3 is 2.14 bits per heavy atom. The van der Waals surface area contributed by atoms with Crippen molar-refractivity contribution in [3.8, 4) is 0 Å². The summed E-state index contributed by atoms with van der Waals surface area (Å²) in [4.78, 5) is 3.90. The van der Waals surface area contributed by atoms with Crippen LogP contribution in [0.15, 0.2) is 53.6 Å². The molecule has 76 valence electrons. The van der Waals surface area contributed by atoms with Gasteiger partial charge in [0.25, 0.3) is 0 Å². The Labute approximate surface area is 86.2 Å². The molecule has 2 N–H and O–H groups in total. The van der Waals surface area contributed by atoms with E-state index in [9.17, 15) is 0 Å². The lowest BCUT2D eigenvalue weighted by Gasteiger charge is -2.10. The van der Waals surface area contributed by atoms with E-state index in [4.69, 9.17) is 5.73 Å². The van der Waals surface area contributed by atoms with E-state index in [0.717, 1.165) is 23.1 Å². The molecule has 0 aromatic rings. The third-order valence-electron chi connectivity index (χ3n) is 2.06. The molecule has 2 nitrogen and oxygen atoms in total. The monoisotopic (exact) mass is 190 g/mol. The van der Waals surface area contributed by atoms with Crippen LogP contribution in [0.25, 0.3) is 0 Å². The van der Waals surface area contributed by atoms with Gasteiger partial charge in [-0.1, -0.05) is 38.8 Å². The van der Waals surface area contributed by atoms with Crippen molar-refractivity contribution in [2.75, 3.05) is 7.05 Å². The molecule has 0 saturated carbocycles. The van der Waals surface area contributed by atoms with Crippen LogP contribution in [0.2, 0.25) is 0 Å². The third-order valence-corrected chi connectivity index (χ3v) is 2.06. The molecule has 0 fully saturated rings. The number of rotatable bonds is 5. The van der Waals surface area contributed by atoms with Gasteiger partial charge in [-0.05, 0) is 17.6 Å². The Bertz CT molecular complexity index is 296. The van der Waals surface area contributed by atoms with Gasteiger partial charge in [-0.25, -0.2) is 0 Å². The molecule has 2 heteroatoms. The summed E-state index contributed by atoms with van der Waals surface area (Å²) in [5, 5.41) is 0. The predicted octanol–water partition coefficient (Wildman–Crippen LogP) is 2.61. The molecule has 0 saturated heterocycles. The maximum Gasteiger partial charge on any atom is 0.125 e. The van der Waals surface area contributed by atoms with Crippen LogP contribution in [0.3, 0.4) is 0 Å². The number of aliphatic imine (C=N–C) groups is 1. The van der Waals surface area contributed by atoms with Crippen molar-refractivity contribution in [3.63, 3.8) is 0 Å². The summed E-state index contributed by atoms with van der Waals surface area (Å²) in [6.07, 6.45) is 4.34. The Balaban J connectivity index is 5.27. The van der Waals surface area contributed by atoms with Gasteiger partial charge in [-0.2, -0.15) is 0 Å². The zero-order chi connectivity index (χ0) is 11.1. The van der Waals surface area contributed by atoms with Crippen LogP contribution in [0.5, 0.6) is 0 Å². The van der Waals surface area contributed by atoms with Crippen LogP contribution in [0, 0.1) is 0 Å². The Hall–Kier alpha value is -1.57. The highest BCUT2D eigenvalue weighted by atomic mass is 14.8. The fraction of sp³-hybridized carbons (Fsp3) is 0.250. The van der Waals surface area contributed by atoms with Crippen molar-refractivity contribution in [1.82, 2.24) is 0 Å². The quantitative estimate of drug-likeness (QED) is 0.404. The number of nitrogens with zero attached hydrogens (tertiary/aromatic N) is 1. The van der Waals surface area contributed by atoms with Crippen molar-refractivity contribution in [2.24, 2.45) is 10.7 Å². The molecule has 0 amide bonds. The van der Waals surface area contributed by atoms with E-state index in [1.807, 2.05) is 6.92 Å². The van der Waals surface area contributed by atoms with Crippen molar-refractivity contribution in [3.05, 3.63) is 48.6 Å². The largest absolute Gasteiger partial charge is 0.384 e. The number of hydrogen-bond donors (Lipinski definition) is 1. The molecule has 0 aliphatic carbocycles. The average molecular weight is 190 g/mol. The second-order valence-electron chi connectivity index (χ2n) is 2.78. The Morgan fingerprint density at radius 2 is 1.86 bits per heavy atom. The molecule has 0 aromatic heterocycles. The maximum atomic E-state index is 5.69. The van der Waals surface area contributed by atoms with Gasteiger partial charge in [0.1, 0.15) is 5.84 Å². The standard InChI is InChI=1S/C12H18N2/c1-6-10(7-2)11(8-3)9(4)12(13)14-5/h6-7H,1-2,4,8H2,3,5H3,(H2,13,14). The summed E-state index contributed by atoms with van der Waals surface area (Å²) in [5.74, 6) is 0.461. The van der Waals surface area contributed by atoms with E-state index in [-0.39, 0.29) is 0 Å². The van der Waals surface area contributed by atoms with E-state index in [1.54, 1.807) is 19.2 Å². The highest BCUT2D eigenvalue weighted by molar-refractivity contribution is 6.00. The molecular weight excluding hydrogens is 172 g/mol. The molecule has 0 bridgehead atoms. The third kappa shape index (κ3) is 2.73. The maximum absolute atomic E-state index is 5.69. The lowest BCUT2D eigenvalue weighted by atomic mass is 9.98. The molecule has 0 aromatic carbocycles. The lowest BCUT2D eigenvalue weighted by Crippen LogP contribution is -2.15. The summed E-state index contributed by atoms with van der Waals surface area (Å²) in [6.45, 7) is 13.4. The molecule has 0 radical (unpaired) electrons. The summed E-state index contributed by atoms with van der Waals surface area (Å²) in [5.41, 5.74) is 8.44. The van der Waals surface area contributed by atoms with Crippen molar-refractivity contribution in [2.45, 2.75) is 13.3 Å². The normalized spacial score (nSPS) is 10.6. The van der Waals surface area contributed by atoms with Crippen molar-refractivity contribution < 1.29 is 0 Å². The van der Waals surface area contributed by atoms with Crippen LogP contribution < -0.4 is 5.73 Å². The second kappa shape index (κ2) is 5.97. The number of nitrogens with two attached hydrogens (primary N) is 1. The average Bonchev–Trinajstić information content (AvgIpc) is 2.23. The van der Waals surface area contributed by atoms with Gasteiger partial charge in [-0.3, -0.25) is 4.99 Å². The molecule has 14 heavy (non-hydrogen) atoms. The van der Waals surface area contributed by atoms with E-state index >= 15 is 0 Å². The van der Waals surface area contributed by atoms with Crippen LogP contribution in [-0.4, -0.2) is 12.9 Å². The van der Waals surface area contributed by atoms with E-state index in [2.05, 4.69) is 24.7 Å². The first-order chi connectivity index (χ1) is 6.62. The van der Waals surface area contributed by atoms with Crippen molar-refractivity contribution in [1.29, 1.82) is 0 Å². The SMILES string of the molecule is C=CC(C=C)=C(CC)C(=C)C(N)=NC. The molecular formula is C12H18N2. The van der Waals surface area contributed by atoms with Gasteiger partial charge in [-0.15, -0.1) is 0 Å². The molecule has 0 aliphatic heterocycles. The minimum Gasteiger partial charge on any atom is -0.384 e. The second-order valence-corrected chi connectivity index (χ2v) is 2.78. The zero-order valence-corrected chi connectivity index (χ0v) is 9.01. The van der Waals surface area contributed by atoms with Gasteiger partial charge in [0, 0.05) is 12.6 Å². The minimum absolute atomic E-state index is 0.461. The fourth-order valence-electron chi connectivity index (χ4n) is 1.21. The lowest BCUT2D eigenvalue weighted by molar-refractivity contribution is 1.11. The molecule has 0 spiro atoms. The van der Waals surface area contributed by atoms with Gasteiger partial charge >= 0.3 is 0 Å².